The minimum atomic E-state index is -4.74. The number of methoxy groups -OCH3 is 1. The molecule has 2 saturated heterocycles. The molecule has 41 heavy (non-hydrogen) atoms. The number of hydrogen-bond donors (Lipinski definition) is 0. The molecule has 1 aromatic rings. The summed E-state index contributed by atoms with van der Waals surface area (Å²) in [5.41, 5.74) is -2.63. The van der Waals surface area contributed by atoms with Crippen LogP contribution < -0.4 is 4.90 Å². The van der Waals surface area contributed by atoms with Gasteiger partial charge in [-0.15, -0.1) is 0 Å². The number of carbonyl (C=O) groups excluding carboxylic acids is 1. The number of unbranched alkanes of at least 4 members (excludes halogenated alkanes) is 4. The maximum absolute atomic E-state index is 13.5. The fourth-order valence-electron chi connectivity index (χ4n) is 5.13. The van der Waals surface area contributed by atoms with Crippen molar-refractivity contribution in [1.82, 2.24) is 14.1 Å². The van der Waals surface area contributed by atoms with Crippen LogP contribution in [-0.2, 0) is 25.7 Å². The van der Waals surface area contributed by atoms with E-state index in [1.54, 1.807) is 24.8 Å². The number of nitriles is 1. The SMILES string of the molecule is COCCS(=O)(=O)N1CCN(CCCCCCCN2C(=S)N(c3ccc(C#N)c(C(F)(F)F)c3)C(=O)C2(C)C)CC1. The van der Waals surface area contributed by atoms with Gasteiger partial charge in [0.1, 0.15) is 5.54 Å². The Hall–Kier alpha value is -2.31. The van der Waals surface area contributed by atoms with Crippen molar-refractivity contribution >= 4 is 38.9 Å². The van der Waals surface area contributed by atoms with E-state index >= 15 is 0 Å². The number of benzene rings is 1. The first-order chi connectivity index (χ1) is 19.2. The highest BCUT2D eigenvalue weighted by Crippen LogP contribution is 2.38. The average molecular weight is 618 g/mol. The molecule has 0 saturated carbocycles. The van der Waals surface area contributed by atoms with Crippen LogP contribution in [0.3, 0.4) is 0 Å². The number of rotatable bonds is 13. The van der Waals surface area contributed by atoms with E-state index in [1.807, 2.05) is 0 Å². The van der Waals surface area contributed by atoms with Crippen LogP contribution in [0.25, 0.3) is 0 Å². The molecular formula is C27H38F3N5O4S2. The lowest BCUT2D eigenvalue weighted by Gasteiger charge is -2.34. The van der Waals surface area contributed by atoms with Crippen molar-refractivity contribution in [3.63, 3.8) is 0 Å². The van der Waals surface area contributed by atoms with Crippen LogP contribution in [0.4, 0.5) is 18.9 Å². The van der Waals surface area contributed by atoms with Crippen molar-refractivity contribution in [3.8, 4) is 6.07 Å². The first-order valence-electron chi connectivity index (χ1n) is 13.7. The molecule has 0 spiro atoms. The van der Waals surface area contributed by atoms with Gasteiger partial charge in [0.15, 0.2) is 5.11 Å². The lowest BCUT2D eigenvalue weighted by molar-refractivity contribution is -0.137. The van der Waals surface area contributed by atoms with E-state index in [0.717, 1.165) is 55.7 Å². The Labute approximate surface area is 245 Å². The minimum Gasteiger partial charge on any atom is -0.384 e. The second kappa shape index (κ2) is 13.8. The van der Waals surface area contributed by atoms with Crippen LogP contribution in [0.2, 0.25) is 0 Å². The van der Waals surface area contributed by atoms with Gasteiger partial charge in [0.05, 0.1) is 35.2 Å². The second-order valence-corrected chi connectivity index (χ2v) is 13.2. The highest BCUT2D eigenvalue weighted by molar-refractivity contribution is 7.89. The van der Waals surface area contributed by atoms with E-state index in [0.29, 0.717) is 32.7 Å². The van der Waals surface area contributed by atoms with E-state index in [2.05, 4.69) is 4.90 Å². The number of amides is 1. The third-order valence-corrected chi connectivity index (χ3v) is 9.87. The maximum Gasteiger partial charge on any atom is 0.417 e. The number of piperazine rings is 1. The highest BCUT2D eigenvalue weighted by atomic mass is 32.2. The van der Waals surface area contributed by atoms with Crippen molar-refractivity contribution in [2.24, 2.45) is 0 Å². The number of carbonyl (C=O) groups is 1. The fraction of sp³-hybridized carbons (Fsp3) is 0.667. The van der Waals surface area contributed by atoms with E-state index in [1.165, 1.54) is 17.5 Å². The van der Waals surface area contributed by atoms with Crippen LogP contribution >= 0.6 is 12.2 Å². The molecule has 9 nitrogen and oxygen atoms in total. The van der Waals surface area contributed by atoms with E-state index < -0.39 is 38.8 Å². The number of halogens is 3. The summed E-state index contributed by atoms with van der Waals surface area (Å²) in [7, 11) is -1.78. The molecule has 2 heterocycles. The van der Waals surface area contributed by atoms with Crippen LogP contribution in [0.5, 0.6) is 0 Å². The number of ether oxygens (including phenoxy) is 1. The summed E-state index contributed by atoms with van der Waals surface area (Å²) in [6.45, 7) is 7.42. The van der Waals surface area contributed by atoms with Crippen LogP contribution in [0, 0.1) is 11.3 Å². The Morgan fingerprint density at radius 1 is 1.05 bits per heavy atom. The Kier molecular flexibility index (Phi) is 11.2. The number of hydrogen-bond acceptors (Lipinski definition) is 7. The standard InChI is InChI=1S/C27H38F3N5O4S2/c1-26(2)24(36)35(22-10-9-21(20-31)23(19-22)27(28,29)30)25(40)34(26)12-8-6-4-5-7-11-32-13-15-33(16-14-32)41(37,38)18-17-39-3/h9-10,19H,4-8,11-18H2,1-3H3. The van der Waals surface area contributed by atoms with Gasteiger partial charge >= 0.3 is 6.18 Å². The van der Waals surface area contributed by atoms with Crippen molar-refractivity contribution in [2.75, 3.05) is 63.6 Å². The zero-order valence-electron chi connectivity index (χ0n) is 23.7. The summed E-state index contributed by atoms with van der Waals surface area (Å²) < 4.78 is 71.5. The van der Waals surface area contributed by atoms with Crippen LogP contribution in [-0.4, -0.2) is 97.8 Å². The zero-order valence-corrected chi connectivity index (χ0v) is 25.4. The van der Waals surface area contributed by atoms with Crippen molar-refractivity contribution in [1.29, 1.82) is 5.26 Å². The van der Waals surface area contributed by atoms with Crippen molar-refractivity contribution < 1.29 is 31.1 Å². The summed E-state index contributed by atoms with van der Waals surface area (Å²) in [5.74, 6) is -0.407. The van der Waals surface area contributed by atoms with E-state index in [9.17, 15) is 26.4 Å². The zero-order chi connectivity index (χ0) is 30.4. The molecule has 1 amide bonds. The Balaban J connectivity index is 1.44. The average Bonchev–Trinajstić information content (AvgIpc) is 3.09. The lowest BCUT2D eigenvalue weighted by Crippen LogP contribution is -2.49. The molecule has 0 bridgehead atoms. The molecule has 0 radical (unpaired) electrons. The van der Waals surface area contributed by atoms with Crippen LogP contribution in [0.1, 0.15) is 57.1 Å². The van der Waals surface area contributed by atoms with E-state index in [4.69, 9.17) is 22.2 Å². The number of alkyl halides is 3. The van der Waals surface area contributed by atoms with Gasteiger partial charge in [-0.3, -0.25) is 9.69 Å². The van der Waals surface area contributed by atoms with Crippen molar-refractivity contribution in [3.05, 3.63) is 29.3 Å². The maximum atomic E-state index is 13.5. The monoisotopic (exact) mass is 617 g/mol. The molecule has 2 aliphatic rings. The molecule has 0 aliphatic carbocycles. The fourth-order valence-corrected chi connectivity index (χ4v) is 6.99. The molecule has 0 N–H and O–H groups in total. The number of sulfonamides is 1. The van der Waals surface area contributed by atoms with Gasteiger partial charge in [-0.1, -0.05) is 19.3 Å². The summed E-state index contributed by atoms with van der Waals surface area (Å²) in [5, 5.41) is 9.23. The van der Waals surface area contributed by atoms with Crippen LogP contribution in [0.15, 0.2) is 18.2 Å². The summed E-state index contributed by atoms with van der Waals surface area (Å²) in [4.78, 5) is 18.4. The Bertz CT molecular complexity index is 1240. The first kappa shape index (κ1) is 33.2. The molecule has 2 fully saturated rings. The molecule has 1 aromatic carbocycles. The lowest BCUT2D eigenvalue weighted by atomic mass is 10.0. The third kappa shape index (κ3) is 7.95. The second-order valence-electron chi connectivity index (χ2n) is 10.8. The quantitative estimate of drug-likeness (QED) is 0.244. The minimum absolute atomic E-state index is 0.00342. The number of anilines is 1. The van der Waals surface area contributed by atoms with Crippen molar-refractivity contribution in [2.45, 2.75) is 57.7 Å². The predicted molar refractivity (Wildman–Crippen MR) is 154 cm³/mol. The van der Waals surface area contributed by atoms with Gasteiger partial charge in [-0.05, 0) is 63.7 Å². The third-order valence-electron chi connectivity index (χ3n) is 7.64. The summed E-state index contributed by atoms with van der Waals surface area (Å²) in [6, 6.07) is 4.74. The molecule has 2 aliphatic heterocycles. The van der Waals surface area contributed by atoms with Gasteiger partial charge in [-0.25, -0.2) is 8.42 Å². The predicted octanol–water partition coefficient (Wildman–Crippen LogP) is 3.83. The summed E-state index contributed by atoms with van der Waals surface area (Å²) >= 11 is 5.54. The smallest absolute Gasteiger partial charge is 0.384 e. The molecule has 0 unspecified atom stereocenters. The van der Waals surface area contributed by atoms with Gasteiger partial charge in [-0.2, -0.15) is 22.7 Å². The number of thiocarbonyl (C=S) groups is 1. The molecule has 14 heteroatoms. The molecule has 228 valence electrons. The van der Waals surface area contributed by atoms with Gasteiger partial charge in [0, 0.05) is 39.8 Å². The molecular weight excluding hydrogens is 579 g/mol. The van der Waals surface area contributed by atoms with E-state index in [-0.39, 0.29) is 23.2 Å². The van der Waals surface area contributed by atoms with Gasteiger partial charge in [0.2, 0.25) is 10.0 Å². The Morgan fingerprint density at radius 2 is 1.66 bits per heavy atom. The highest BCUT2D eigenvalue weighted by Gasteiger charge is 2.49. The largest absolute Gasteiger partial charge is 0.417 e. The topological polar surface area (TPSA) is 97.2 Å². The molecule has 0 aromatic heterocycles. The first-order valence-corrected chi connectivity index (χ1v) is 15.7. The normalized spacial score (nSPS) is 18.8. The molecule has 3 rings (SSSR count). The van der Waals surface area contributed by atoms with Gasteiger partial charge in [0.25, 0.3) is 5.91 Å². The van der Waals surface area contributed by atoms with Gasteiger partial charge < -0.3 is 14.5 Å². The summed E-state index contributed by atoms with van der Waals surface area (Å²) in [6.07, 6.45) is -0.0739. The number of nitrogens with zero attached hydrogens (tertiary/aromatic N) is 5. The Morgan fingerprint density at radius 3 is 2.24 bits per heavy atom. The molecule has 0 atom stereocenters.